The van der Waals surface area contributed by atoms with Crippen LogP contribution in [0.3, 0.4) is 0 Å². The molecule has 230 valence electrons. The van der Waals surface area contributed by atoms with E-state index in [-0.39, 0.29) is 18.1 Å². The number of nitrogens with one attached hydrogen (secondary N) is 2. The van der Waals surface area contributed by atoms with Gasteiger partial charge in [0.1, 0.15) is 5.82 Å². The van der Waals surface area contributed by atoms with E-state index in [0.717, 1.165) is 17.7 Å². The van der Waals surface area contributed by atoms with E-state index in [1.807, 2.05) is 11.9 Å². The Balaban J connectivity index is 1.63. The Kier molecular flexibility index (Phi) is 9.43. The SMILES string of the molecule is C=C/C=C(C)\C(=C/C(C)NC(=O)c1cc(N2CCN(C)CC2)cc(C(F)(F)F)c1)N1Cc2cnc(NC)nc2N(C)C1=O. The Morgan fingerprint density at radius 3 is 2.47 bits per heavy atom. The van der Waals surface area contributed by atoms with Gasteiger partial charge in [0.05, 0.1) is 12.1 Å². The van der Waals surface area contributed by atoms with Crippen LogP contribution in [0.25, 0.3) is 0 Å². The van der Waals surface area contributed by atoms with Crippen molar-refractivity contribution in [2.45, 2.75) is 32.6 Å². The molecule has 2 aliphatic heterocycles. The summed E-state index contributed by atoms with van der Waals surface area (Å²) in [5.41, 5.74) is 1.30. The van der Waals surface area contributed by atoms with E-state index in [4.69, 9.17) is 0 Å². The number of aromatic nitrogens is 2. The van der Waals surface area contributed by atoms with Gasteiger partial charge in [-0.1, -0.05) is 18.7 Å². The van der Waals surface area contributed by atoms with Crippen molar-refractivity contribution in [3.05, 3.63) is 77.2 Å². The highest BCUT2D eigenvalue weighted by Crippen LogP contribution is 2.34. The minimum atomic E-state index is -4.61. The van der Waals surface area contributed by atoms with Crippen LogP contribution < -0.4 is 20.4 Å². The normalized spacial score (nSPS) is 17.5. The number of carbonyl (C=O) groups is 2. The van der Waals surface area contributed by atoms with Crippen LogP contribution in [0.5, 0.6) is 0 Å². The van der Waals surface area contributed by atoms with Gasteiger partial charge in [-0.3, -0.25) is 14.6 Å². The van der Waals surface area contributed by atoms with E-state index < -0.39 is 23.7 Å². The summed E-state index contributed by atoms with van der Waals surface area (Å²) in [5, 5.41) is 5.65. The first-order valence-corrected chi connectivity index (χ1v) is 13.9. The van der Waals surface area contributed by atoms with E-state index in [9.17, 15) is 22.8 Å². The summed E-state index contributed by atoms with van der Waals surface area (Å²) < 4.78 is 41.5. The number of rotatable bonds is 8. The number of anilines is 3. The Morgan fingerprint density at radius 1 is 1.14 bits per heavy atom. The molecule has 13 heteroatoms. The minimum absolute atomic E-state index is 0.0934. The zero-order valence-corrected chi connectivity index (χ0v) is 25.0. The number of amides is 3. The van der Waals surface area contributed by atoms with Crippen molar-refractivity contribution in [3.63, 3.8) is 0 Å². The number of likely N-dealkylation sites (N-methyl/N-ethyl adjacent to an activating group) is 1. The Bertz CT molecular complexity index is 1450. The smallest absolute Gasteiger partial charge is 0.369 e. The number of benzene rings is 1. The van der Waals surface area contributed by atoms with Crippen LogP contribution >= 0.6 is 0 Å². The summed E-state index contributed by atoms with van der Waals surface area (Å²) in [7, 11) is 5.26. The third kappa shape index (κ3) is 7.16. The van der Waals surface area contributed by atoms with Gasteiger partial charge in [0, 0.05) is 75.0 Å². The number of nitrogens with zero attached hydrogens (tertiary/aromatic N) is 6. The fourth-order valence-electron chi connectivity index (χ4n) is 5.04. The molecule has 4 rings (SSSR count). The van der Waals surface area contributed by atoms with E-state index in [2.05, 4.69) is 32.1 Å². The second-order valence-electron chi connectivity index (χ2n) is 10.7. The zero-order chi connectivity index (χ0) is 31.5. The van der Waals surface area contributed by atoms with Gasteiger partial charge in [-0.25, -0.2) is 9.78 Å². The van der Waals surface area contributed by atoms with E-state index in [1.165, 1.54) is 11.0 Å². The average molecular weight is 599 g/mol. The molecule has 10 nitrogen and oxygen atoms in total. The molecule has 1 fully saturated rings. The topological polar surface area (TPSA) is 96.9 Å². The summed E-state index contributed by atoms with van der Waals surface area (Å²) in [6.45, 7) is 9.95. The number of alkyl halides is 3. The highest BCUT2D eigenvalue weighted by molar-refractivity contribution is 5.96. The van der Waals surface area contributed by atoms with Crippen molar-refractivity contribution >= 4 is 29.4 Å². The number of hydrogen-bond donors (Lipinski definition) is 2. The van der Waals surface area contributed by atoms with Crippen molar-refractivity contribution in [2.75, 3.05) is 62.4 Å². The predicted octanol–water partition coefficient (Wildman–Crippen LogP) is 4.50. The van der Waals surface area contributed by atoms with Crippen LogP contribution in [0.4, 0.5) is 35.4 Å². The van der Waals surface area contributed by atoms with Gasteiger partial charge in [0.25, 0.3) is 5.91 Å². The van der Waals surface area contributed by atoms with Crippen molar-refractivity contribution < 1.29 is 22.8 Å². The van der Waals surface area contributed by atoms with Crippen LogP contribution in [0.1, 0.15) is 35.3 Å². The lowest BCUT2D eigenvalue weighted by Gasteiger charge is -2.36. The van der Waals surface area contributed by atoms with Crippen LogP contribution in [0.2, 0.25) is 0 Å². The fourth-order valence-corrected chi connectivity index (χ4v) is 5.04. The number of allylic oxidation sites excluding steroid dienone is 3. The summed E-state index contributed by atoms with van der Waals surface area (Å²) >= 11 is 0. The molecule has 2 aromatic rings. The Labute approximate surface area is 249 Å². The predicted molar refractivity (Wildman–Crippen MR) is 161 cm³/mol. The molecule has 1 aromatic carbocycles. The first kappa shape index (κ1) is 31.5. The van der Waals surface area contributed by atoms with Gasteiger partial charge >= 0.3 is 12.2 Å². The monoisotopic (exact) mass is 598 g/mol. The molecule has 0 saturated carbocycles. The first-order chi connectivity index (χ1) is 20.3. The summed E-state index contributed by atoms with van der Waals surface area (Å²) in [6.07, 6.45) is 2.05. The van der Waals surface area contributed by atoms with Crippen molar-refractivity contribution in [1.29, 1.82) is 0 Å². The van der Waals surface area contributed by atoms with Crippen molar-refractivity contribution in [1.82, 2.24) is 25.1 Å². The van der Waals surface area contributed by atoms with Crippen LogP contribution in [0.15, 0.2) is 60.5 Å². The largest absolute Gasteiger partial charge is 0.416 e. The number of hydrogen-bond acceptors (Lipinski definition) is 7. The van der Waals surface area contributed by atoms with E-state index >= 15 is 0 Å². The number of piperazine rings is 1. The van der Waals surface area contributed by atoms with Crippen LogP contribution in [-0.2, 0) is 12.7 Å². The molecular formula is C30H37F3N8O2. The summed E-state index contributed by atoms with van der Waals surface area (Å²) in [4.78, 5) is 42.4. The zero-order valence-electron chi connectivity index (χ0n) is 25.0. The second kappa shape index (κ2) is 12.9. The molecule has 1 atom stereocenters. The molecule has 2 aliphatic rings. The van der Waals surface area contributed by atoms with Gasteiger partial charge in [0.15, 0.2) is 0 Å². The molecule has 0 bridgehead atoms. The summed E-state index contributed by atoms with van der Waals surface area (Å²) in [6, 6.07) is 2.46. The van der Waals surface area contributed by atoms with Gasteiger partial charge in [0.2, 0.25) is 5.95 Å². The van der Waals surface area contributed by atoms with Gasteiger partial charge in [-0.2, -0.15) is 18.2 Å². The van der Waals surface area contributed by atoms with Gasteiger partial charge < -0.3 is 20.4 Å². The van der Waals surface area contributed by atoms with Crippen LogP contribution in [-0.4, -0.2) is 85.1 Å². The molecule has 3 amide bonds. The lowest BCUT2D eigenvalue weighted by atomic mass is 10.1. The molecule has 0 radical (unpaired) electrons. The third-order valence-corrected chi connectivity index (χ3v) is 7.43. The van der Waals surface area contributed by atoms with E-state index in [1.54, 1.807) is 57.3 Å². The number of carbonyl (C=O) groups excluding carboxylic acids is 2. The second-order valence-corrected chi connectivity index (χ2v) is 10.7. The number of urea groups is 1. The molecule has 3 heterocycles. The maximum absolute atomic E-state index is 13.8. The minimum Gasteiger partial charge on any atom is -0.369 e. The Morgan fingerprint density at radius 2 is 1.84 bits per heavy atom. The quantitative estimate of drug-likeness (QED) is 0.432. The van der Waals surface area contributed by atoms with Gasteiger partial charge in [-0.15, -0.1) is 0 Å². The molecule has 0 aliphatic carbocycles. The van der Waals surface area contributed by atoms with E-state index in [0.29, 0.717) is 54.9 Å². The molecule has 1 unspecified atom stereocenters. The molecule has 2 N–H and O–H groups in total. The van der Waals surface area contributed by atoms with Crippen molar-refractivity contribution in [3.8, 4) is 0 Å². The maximum atomic E-state index is 13.8. The van der Waals surface area contributed by atoms with Crippen molar-refractivity contribution in [2.24, 2.45) is 0 Å². The molecule has 0 spiro atoms. The number of fused-ring (bicyclic) bond motifs is 1. The van der Waals surface area contributed by atoms with Gasteiger partial charge in [-0.05, 0) is 50.7 Å². The standard InChI is InChI=1S/C30H37F3N8O2/c1-7-8-19(2)25(41-18-22-17-35-28(34-4)37-26(22)39(6)29(41)43)13-20(3)36-27(42)21-14-23(30(31,32)33)16-24(15-21)40-11-9-38(5)10-12-40/h7-8,13-17,20H,1,9-12,18H2,2-6H3,(H,36,42)(H,34,35,37)/b19-8-,25-13+. The highest BCUT2D eigenvalue weighted by atomic mass is 19.4. The molecule has 1 saturated heterocycles. The third-order valence-electron chi connectivity index (χ3n) is 7.43. The Hall–Kier alpha value is -4.39. The highest BCUT2D eigenvalue weighted by Gasteiger charge is 2.34. The number of halogens is 3. The first-order valence-electron chi connectivity index (χ1n) is 13.9. The lowest BCUT2D eigenvalue weighted by Crippen LogP contribution is -2.46. The fraction of sp³-hybridized carbons (Fsp3) is 0.400. The average Bonchev–Trinajstić information content (AvgIpc) is 2.97. The molecular weight excluding hydrogens is 561 g/mol. The lowest BCUT2D eigenvalue weighted by molar-refractivity contribution is -0.137. The van der Waals surface area contributed by atoms with Crippen LogP contribution in [0, 0.1) is 0 Å². The summed E-state index contributed by atoms with van der Waals surface area (Å²) in [5.74, 6) is 0.203. The maximum Gasteiger partial charge on any atom is 0.416 e. The molecule has 43 heavy (non-hydrogen) atoms. The molecule has 1 aromatic heterocycles.